The fraction of sp³-hybridized carbons (Fsp3) is 0.115. The number of anilines is 1. The molecule has 1 N–H and O–H groups in total. The second kappa shape index (κ2) is 8.56. The molecule has 1 aromatic heterocycles. The third-order valence-corrected chi connectivity index (χ3v) is 6.88. The molecular weight excluding hydrogens is 473 g/mol. The van der Waals surface area contributed by atoms with E-state index in [1.807, 2.05) is 24.3 Å². The number of thiazole rings is 1. The van der Waals surface area contributed by atoms with Crippen LogP contribution in [0, 0.1) is 11.3 Å². The van der Waals surface area contributed by atoms with Gasteiger partial charge in [-0.05, 0) is 55.0 Å². The van der Waals surface area contributed by atoms with Crippen molar-refractivity contribution < 1.29 is 18.0 Å². The average molecular weight is 491 g/mol. The summed E-state index contributed by atoms with van der Waals surface area (Å²) in [7, 11) is 0. The van der Waals surface area contributed by atoms with E-state index < -0.39 is 23.8 Å². The highest BCUT2D eigenvalue weighted by Crippen LogP contribution is 2.42. The van der Waals surface area contributed by atoms with Crippen LogP contribution in [0.5, 0.6) is 0 Å². The van der Waals surface area contributed by atoms with E-state index in [1.165, 1.54) is 28.4 Å². The maximum atomic E-state index is 13.4. The molecule has 0 bridgehead atoms. The number of aromatic nitrogens is 1. The van der Waals surface area contributed by atoms with Gasteiger partial charge in [0.1, 0.15) is 5.01 Å². The van der Waals surface area contributed by atoms with Gasteiger partial charge >= 0.3 is 12.2 Å². The van der Waals surface area contributed by atoms with E-state index in [-0.39, 0.29) is 5.69 Å². The van der Waals surface area contributed by atoms with Crippen LogP contribution in [0.3, 0.4) is 0 Å². The molecule has 5 rings (SSSR count). The molecule has 0 radical (unpaired) electrons. The molecule has 9 heteroatoms. The maximum Gasteiger partial charge on any atom is 0.416 e. The third-order valence-electron chi connectivity index (χ3n) is 5.81. The van der Waals surface area contributed by atoms with Gasteiger partial charge in [-0.1, -0.05) is 30.3 Å². The van der Waals surface area contributed by atoms with Crippen LogP contribution >= 0.6 is 11.3 Å². The highest BCUT2D eigenvalue weighted by atomic mass is 32.1. The van der Waals surface area contributed by atoms with Crippen molar-refractivity contribution in [1.82, 2.24) is 10.3 Å². The van der Waals surface area contributed by atoms with Gasteiger partial charge in [0.15, 0.2) is 0 Å². The first-order valence-corrected chi connectivity index (χ1v) is 11.4. The number of halogens is 3. The van der Waals surface area contributed by atoms with E-state index >= 15 is 0 Å². The van der Waals surface area contributed by atoms with Crippen LogP contribution in [-0.2, 0) is 6.18 Å². The van der Waals surface area contributed by atoms with Gasteiger partial charge < -0.3 is 5.32 Å². The lowest BCUT2D eigenvalue weighted by atomic mass is 9.94. The zero-order valence-electron chi connectivity index (χ0n) is 18.3. The predicted molar refractivity (Wildman–Crippen MR) is 129 cm³/mol. The molecule has 1 unspecified atom stereocenters. The second-order valence-electron chi connectivity index (χ2n) is 7.99. The van der Waals surface area contributed by atoms with Crippen LogP contribution in [0.2, 0.25) is 0 Å². The molecule has 4 aromatic rings. The summed E-state index contributed by atoms with van der Waals surface area (Å²) < 4.78 is 41.1. The zero-order chi connectivity index (χ0) is 24.7. The Balaban J connectivity index is 1.70. The summed E-state index contributed by atoms with van der Waals surface area (Å²) in [4.78, 5) is 19.3. The van der Waals surface area contributed by atoms with Crippen molar-refractivity contribution in [3.8, 4) is 6.07 Å². The molecule has 3 aromatic carbocycles. The Morgan fingerprint density at radius 2 is 1.80 bits per heavy atom. The number of fused-ring (bicyclic) bond motifs is 1. The van der Waals surface area contributed by atoms with Crippen molar-refractivity contribution in [3.05, 3.63) is 100 Å². The summed E-state index contributed by atoms with van der Waals surface area (Å²) >= 11 is 1.44. The highest BCUT2D eigenvalue weighted by molar-refractivity contribution is 7.19. The SMILES string of the molecule is CC1=C(c2nc3ccccc3s2)C(c2ccc(C#N)cc2)NC(=O)N1c1cccc(C(F)(F)F)c1. The van der Waals surface area contributed by atoms with Crippen molar-refractivity contribution in [3.63, 3.8) is 0 Å². The van der Waals surface area contributed by atoms with E-state index in [1.54, 1.807) is 31.2 Å². The minimum Gasteiger partial charge on any atom is -0.326 e. The van der Waals surface area contributed by atoms with Gasteiger partial charge in [-0.2, -0.15) is 18.4 Å². The van der Waals surface area contributed by atoms with Gasteiger partial charge in [-0.15, -0.1) is 11.3 Å². The summed E-state index contributed by atoms with van der Waals surface area (Å²) in [6.45, 7) is 1.71. The molecule has 2 heterocycles. The number of hydrogen-bond acceptors (Lipinski definition) is 4. The first kappa shape index (κ1) is 22.6. The minimum absolute atomic E-state index is 0.103. The summed E-state index contributed by atoms with van der Waals surface area (Å²) in [5, 5.41) is 12.7. The van der Waals surface area contributed by atoms with Crippen molar-refractivity contribution in [1.29, 1.82) is 5.26 Å². The van der Waals surface area contributed by atoms with Crippen LogP contribution in [-0.4, -0.2) is 11.0 Å². The van der Waals surface area contributed by atoms with Gasteiger partial charge in [0.25, 0.3) is 0 Å². The molecular formula is C26H17F3N4OS. The number of para-hydroxylation sites is 1. The number of carbonyl (C=O) groups excluding carboxylic acids is 1. The summed E-state index contributed by atoms with van der Waals surface area (Å²) in [6, 6.07) is 20.0. The molecule has 1 aliphatic rings. The Morgan fingerprint density at radius 3 is 2.49 bits per heavy atom. The quantitative estimate of drug-likeness (QED) is 0.340. The second-order valence-corrected chi connectivity index (χ2v) is 9.02. The number of urea groups is 1. The van der Waals surface area contributed by atoms with E-state index in [4.69, 9.17) is 10.2 Å². The number of allylic oxidation sites excluding steroid dienone is 1. The molecule has 1 aliphatic heterocycles. The number of alkyl halides is 3. The van der Waals surface area contributed by atoms with E-state index in [0.29, 0.717) is 21.8 Å². The Labute approximate surface area is 202 Å². The largest absolute Gasteiger partial charge is 0.416 e. The van der Waals surface area contributed by atoms with Crippen LogP contribution in [0.15, 0.2) is 78.5 Å². The number of carbonyl (C=O) groups is 1. The Morgan fingerprint density at radius 1 is 1.06 bits per heavy atom. The Hall–Kier alpha value is -4.16. The highest BCUT2D eigenvalue weighted by Gasteiger charge is 2.37. The first-order valence-electron chi connectivity index (χ1n) is 10.6. The van der Waals surface area contributed by atoms with Crippen LogP contribution in [0.25, 0.3) is 15.8 Å². The molecule has 0 fully saturated rings. The van der Waals surface area contributed by atoms with Crippen LogP contribution in [0.1, 0.15) is 34.7 Å². The Kier molecular flexibility index (Phi) is 5.53. The molecule has 174 valence electrons. The van der Waals surface area contributed by atoms with Crippen molar-refractivity contribution in [2.75, 3.05) is 4.90 Å². The number of benzene rings is 3. The summed E-state index contributed by atoms with van der Waals surface area (Å²) in [5.41, 5.74) is 2.40. The van der Waals surface area contributed by atoms with E-state index in [9.17, 15) is 18.0 Å². The van der Waals surface area contributed by atoms with Gasteiger partial charge in [-0.3, -0.25) is 4.90 Å². The topological polar surface area (TPSA) is 69.0 Å². The number of hydrogen-bond donors (Lipinski definition) is 1. The monoisotopic (exact) mass is 490 g/mol. The fourth-order valence-corrected chi connectivity index (χ4v) is 5.23. The fourth-order valence-electron chi connectivity index (χ4n) is 4.14. The molecule has 0 aliphatic carbocycles. The third kappa shape index (κ3) is 4.13. The van der Waals surface area contributed by atoms with Gasteiger partial charge in [-0.25, -0.2) is 9.78 Å². The molecule has 0 saturated heterocycles. The standard InChI is InChI=1S/C26H17F3N4OS/c1-15-22(24-31-20-7-2-3-8-21(20)35-24)23(17-11-9-16(14-30)10-12-17)32-25(34)33(15)19-6-4-5-18(13-19)26(27,28)29/h2-13,23H,1H3,(H,32,34). The number of nitriles is 1. The number of nitrogens with one attached hydrogen (secondary N) is 1. The van der Waals surface area contributed by atoms with Gasteiger partial charge in [0.2, 0.25) is 0 Å². The van der Waals surface area contributed by atoms with E-state index in [0.717, 1.165) is 27.9 Å². The molecule has 5 nitrogen and oxygen atoms in total. The Bertz CT molecular complexity index is 1480. The lowest BCUT2D eigenvalue weighted by Gasteiger charge is -2.36. The summed E-state index contributed by atoms with van der Waals surface area (Å²) in [5.74, 6) is 0. The number of nitrogens with zero attached hydrogens (tertiary/aromatic N) is 3. The molecule has 0 spiro atoms. The van der Waals surface area contributed by atoms with Crippen LogP contribution in [0.4, 0.5) is 23.7 Å². The lowest BCUT2D eigenvalue weighted by Crippen LogP contribution is -2.46. The number of amides is 2. The average Bonchev–Trinajstić information content (AvgIpc) is 3.27. The molecule has 2 amide bonds. The predicted octanol–water partition coefficient (Wildman–Crippen LogP) is 6.89. The molecule has 1 atom stereocenters. The zero-order valence-corrected chi connectivity index (χ0v) is 19.1. The smallest absolute Gasteiger partial charge is 0.326 e. The maximum absolute atomic E-state index is 13.4. The lowest BCUT2D eigenvalue weighted by molar-refractivity contribution is -0.137. The van der Waals surface area contributed by atoms with Crippen LogP contribution < -0.4 is 10.2 Å². The van der Waals surface area contributed by atoms with Crippen molar-refractivity contribution in [2.24, 2.45) is 0 Å². The van der Waals surface area contributed by atoms with Crippen molar-refractivity contribution in [2.45, 2.75) is 19.1 Å². The van der Waals surface area contributed by atoms with Crippen molar-refractivity contribution >= 4 is 38.8 Å². The summed E-state index contributed by atoms with van der Waals surface area (Å²) in [6.07, 6.45) is -4.54. The first-order chi connectivity index (χ1) is 16.8. The van der Waals surface area contributed by atoms with E-state index in [2.05, 4.69) is 11.4 Å². The molecule has 35 heavy (non-hydrogen) atoms. The van der Waals surface area contributed by atoms with Gasteiger partial charge in [0.05, 0.1) is 39.1 Å². The number of rotatable bonds is 3. The minimum atomic E-state index is -4.54. The molecule has 0 saturated carbocycles. The van der Waals surface area contributed by atoms with Gasteiger partial charge in [0, 0.05) is 11.3 Å². The normalized spacial score (nSPS) is 16.4.